The van der Waals surface area contributed by atoms with Crippen LogP contribution in [0.5, 0.6) is 5.88 Å². The zero-order valence-corrected chi connectivity index (χ0v) is 14.8. The quantitative estimate of drug-likeness (QED) is 0.848. The summed E-state index contributed by atoms with van der Waals surface area (Å²) in [7, 11) is 0. The van der Waals surface area contributed by atoms with Gasteiger partial charge < -0.3 is 9.64 Å². The molecule has 5 fully saturated rings. The summed E-state index contributed by atoms with van der Waals surface area (Å²) in [5.74, 6) is 3.43. The molecule has 0 radical (unpaired) electrons. The van der Waals surface area contributed by atoms with Gasteiger partial charge in [0, 0.05) is 18.8 Å². The first-order chi connectivity index (χ1) is 12.2. The fraction of sp³-hybridized carbons (Fsp3) is 0.750. The van der Waals surface area contributed by atoms with Crippen LogP contribution in [-0.2, 0) is 4.79 Å². The van der Waals surface area contributed by atoms with Crippen LogP contribution in [0.4, 0.5) is 0 Å². The smallest absolute Gasteiger partial charge is 0.233 e. The monoisotopic (exact) mass is 341 g/mol. The Labute approximate surface area is 149 Å². The van der Waals surface area contributed by atoms with Crippen molar-refractivity contribution in [1.82, 2.24) is 15.1 Å². The number of rotatable bonds is 3. The van der Waals surface area contributed by atoms with Crippen molar-refractivity contribution in [1.29, 1.82) is 0 Å². The second kappa shape index (κ2) is 5.96. The third-order valence-corrected chi connectivity index (χ3v) is 6.99. The molecule has 1 atom stereocenters. The van der Waals surface area contributed by atoms with Gasteiger partial charge in [-0.25, -0.2) is 0 Å². The first-order valence-corrected chi connectivity index (χ1v) is 9.94. The van der Waals surface area contributed by atoms with Crippen LogP contribution < -0.4 is 4.74 Å². The zero-order chi connectivity index (χ0) is 16.9. The van der Waals surface area contributed by atoms with Crippen LogP contribution in [0.2, 0.25) is 0 Å². The average molecular weight is 341 g/mol. The molecule has 6 rings (SSSR count). The molecule has 25 heavy (non-hydrogen) atoms. The van der Waals surface area contributed by atoms with Crippen molar-refractivity contribution in [3.8, 4) is 5.88 Å². The number of hydrogen-bond acceptors (Lipinski definition) is 4. The van der Waals surface area contributed by atoms with Crippen LogP contribution in [0.25, 0.3) is 0 Å². The number of carbonyl (C=O) groups excluding carboxylic acids is 1. The lowest BCUT2D eigenvalue weighted by Crippen LogP contribution is -2.57. The first kappa shape index (κ1) is 15.6. The van der Waals surface area contributed by atoms with E-state index in [2.05, 4.69) is 15.1 Å². The van der Waals surface area contributed by atoms with E-state index in [1.807, 2.05) is 12.1 Å². The number of amides is 1. The normalized spacial score (nSPS) is 39.4. The van der Waals surface area contributed by atoms with Gasteiger partial charge in [0.25, 0.3) is 0 Å². The van der Waals surface area contributed by atoms with Crippen molar-refractivity contribution in [3.05, 3.63) is 18.3 Å². The molecular weight excluding hydrogens is 314 g/mol. The topological polar surface area (TPSA) is 55.3 Å². The fourth-order valence-electron chi connectivity index (χ4n) is 6.45. The van der Waals surface area contributed by atoms with Crippen LogP contribution in [0, 0.1) is 23.2 Å². The summed E-state index contributed by atoms with van der Waals surface area (Å²) in [6, 6.07) is 3.68. The van der Waals surface area contributed by atoms with Crippen molar-refractivity contribution < 1.29 is 9.53 Å². The van der Waals surface area contributed by atoms with Gasteiger partial charge >= 0.3 is 0 Å². The Kier molecular flexibility index (Phi) is 3.72. The maximum Gasteiger partial charge on any atom is 0.233 e. The van der Waals surface area contributed by atoms with E-state index in [0.29, 0.717) is 18.3 Å². The molecule has 0 aromatic carbocycles. The molecule has 0 N–H and O–H groups in total. The van der Waals surface area contributed by atoms with E-state index in [4.69, 9.17) is 4.74 Å². The van der Waals surface area contributed by atoms with E-state index < -0.39 is 0 Å². The Balaban J connectivity index is 1.29. The predicted octanol–water partition coefficient (Wildman–Crippen LogP) is 3.06. The van der Waals surface area contributed by atoms with Crippen molar-refractivity contribution >= 4 is 5.91 Å². The van der Waals surface area contributed by atoms with Crippen LogP contribution in [-0.4, -0.2) is 40.2 Å². The molecule has 1 aromatic rings. The molecule has 1 saturated heterocycles. The SMILES string of the molecule is O=C(N1CCCC(Oc2cccnn2)C1)C12CC3CC(CC(C3)C1)C2. The van der Waals surface area contributed by atoms with Gasteiger partial charge in [-0.2, -0.15) is 5.10 Å². The highest BCUT2D eigenvalue weighted by Gasteiger charge is 2.55. The van der Waals surface area contributed by atoms with E-state index >= 15 is 0 Å². The third kappa shape index (κ3) is 2.81. The molecule has 1 aliphatic heterocycles. The molecule has 5 heteroatoms. The van der Waals surface area contributed by atoms with E-state index in [1.54, 1.807) is 6.20 Å². The Hall–Kier alpha value is -1.65. The number of hydrogen-bond donors (Lipinski definition) is 0. The standard InChI is InChI=1S/C20H27N3O2/c24-19(20-10-14-7-15(11-20)9-16(8-14)12-20)23-6-2-3-17(13-23)25-18-4-1-5-21-22-18/h1,4-5,14-17H,2-3,6-13H2. The summed E-state index contributed by atoms with van der Waals surface area (Å²) in [4.78, 5) is 15.6. The zero-order valence-electron chi connectivity index (χ0n) is 14.8. The summed E-state index contributed by atoms with van der Waals surface area (Å²) in [6.45, 7) is 1.60. The highest BCUT2D eigenvalue weighted by atomic mass is 16.5. The maximum atomic E-state index is 13.5. The molecule has 4 saturated carbocycles. The van der Waals surface area contributed by atoms with Gasteiger partial charge in [0.15, 0.2) is 0 Å². The average Bonchev–Trinajstić information content (AvgIpc) is 2.61. The molecule has 4 bridgehead atoms. The predicted molar refractivity (Wildman–Crippen MR) is 92.9 cm³/mol. The Morgan fingerprint density at radius 3 is 2.52 bits per heavy atom. The maximum absolute atomic E-state index is 13.5. The van der Waals surface area contributed by atoms with Crippen molar-refractivity contribution in [2.45, 2.75) is 57.5 Å². The molecule has 2 heterocycles. The van der Waals surface area contributed by atoms with E-state index in [-0.39, 0.29) is 11.5 Å². The van der Waals surface area contributed by atoms with Crippen molar-refractivity contribution in [3.63, 3.8) is 0 Å². The summed E-state index contributed by atoms with van der Waals surface area (Å²) >= 11 is 0. The number of piperidine rings is 1. The van der Waals surface area contributed by atoms with Crippen LogP contribution >= 0.6 is 0 Å². The van der Waals surface area contributed by atoms with Gasteiger partial charge in [0.2, 0.25) is 11.8 Å². The number of ether oxygens (including phenoxy) is 1. The highest BCUT2D eigenvalue weighted by Crippen LogP contribution is 2.60. The lowest BCUT2D eigenvalue weighted by molar-refractivity contribution is -0.160. The third-order valence-electron chi connectivity index (χ3n) is 6.99. The molecule has 1 unspecified atom stereocenters. The highest BCUT2D eigenvalue weighted by molar-refractivity contribution is 5.83. The lowest BCUT2D eigenvalue weighted by Gasteiger charge is -2.57. The first-order valence-electron chi connectivity index (χ1n) is 9.94. The minimum atomic E-state index is -0.0385. The second-order valence-corrected chi connectivity index (χ2v) is 8.89. The summed E-state index contributed by atoms with van der Waals surface area (Å²) in [5.41, 5.74) is -0.0385. The summed E-state index contributed by atoms with van der Waals surface area (Å²) in [5, 5.41) is 7.90. The van der Waals surface area contributed by atoms with E-state index in [1.165, 1.54) is 19.3 Å². The Morgan fingerprint density at radius 1 is 1.16 bits per heavy atom. The molecule has 4 aliphatic carbocycles. The molecule has 5 nitrogen and oxygen atoms in total. The van der Waals surface area contributed by atoms with Crippen LogP contribution in [0.3, 0.4) is 0 Å². The fourth-order valence-corrected chi connectivity index (χ4v) is 6.45. The van der Waals surface area contributed by atoms with Gasteiger partial charge in [-0.1, -0.05) is 0 Å². The van der Waals surface area contributed by atoms with Gasteiger partial charge in [0.1, 0.15) is 6.10 Å². The van der Waals surface area contributed by atoms with E-state index in [9.17, 15) is 4.79 Å². The van der Waals surface area contributed by atoms with Gasteiger partial charge in [-0.05, 0) is 75.2 Å². The van der Waals surface area contributed by atoms with Crippen molar-refractivity contribution in [2.75, 3.05) is 13.1 Å². The molecule has 1 aromatic heterocycles. The van der Waals surface area contributed by atoms with Crippen molar-refractivity contribution in [2.24, 2.45) is 23.2 Å². The number of nitrogens with zero attached hydrogens (tertiary/aromatic N) is 3. The van der Waals surface area contributed by atoms with Crippen LogP contribution in [0.15, 0.2) is 18.3 Å². The minimum absolute atomic E-state index is 0.0385. The van der Waals surface area contributed by atoms with E-state index in [0.717, 1.165) is 56.4 Å². The van der Waals surface area contributed by atoms with Gasteiger partial charge in [-0.3, -0.25) is 4.79 Å². The van der Waals surface area contributed by atoms with Gasteiger partial charge in [-0.15, -0.1) is 5.10 Å². The summed E-state index contributed by atoms with van der Waals surface area (Å²) in [6.07, 6.45) is 11.3. The molecule has 5 aliphatic rings. The lowest BCUT2D eigenvalue weighted by atomic mass is 9.49. The molecule has 0 spiro atoms. The minimum Gasteiger partial charge on any atom is -0.471 e. The second-order valence-electron chi connectivity index (χ2n) is 8.89. The largest absolute Gasteiger partial charge is 0.471 e. The number of likely N-dealkylation sites (tertiary alicyclic amines) is 1. The number of aromatic nitrogens is 2. The molecule has 134 valence electrons. The Bertz CT molecular complexity index is 612. The van der Waals surface area contributed by atoms with Gasteiger partial charge in [0.05, 0.1) is 12.0 Å². The molecule has 1 amide bonds. The Morgan fingerprint density at radius 2 is 1.88 bits per heavy atom. The number of carbonyl (C=O) groups is 1. The summed E-state index contributed by atoms with van der Waals surface area (Å²) < 4.78 is 5.99. The molecular formula is C20H27N3O2. The van der Waals surface area contributed by atoms with Crippen LogP contribution in [0.1, 0.15) is 51.4 Å².